The minimum Gasteiger partial charge on any atom is -0.369 e. The molecule has 19 heavy (non-hydrogen) atoms. The van der Waals surface area contributed by atoms with Gasteiger partial charge in [0, 0.05) is 0 Å². The minimum absolute atomic E-state index is 0.0867. The van der Waals surface area contributed by atoms with E-state index in [2.05, 4.69) is 6.92 Å². The van der Waals surface area contributed by atoms with Gasteiger partial charge in [-0.05, 0) is 12.8 Å². The van der Waals surface area contributed by atoms with Gasteiger partial charge in [-0.3, -0.25) is 4.79 Å². The second-order valence-electron chi connectivity index (χ2n) is 5.17. The largest absolute Gasteiger partial charge is 0.369 e. The molecule has 0 aliphatic carbocycles. The molecule has 0 aliphatic heterocycles. The third-order valence-corrected chi connectivity index (χ3v) is 5.55. The zero-order chi connectivity index (χ0) is 14.7. The lowest BCUT2D eigenvalue weighted by atomic mass is 10.1. The van der Waals surface area contributed by atoms with Crippen LogP contribution in [0.25, 0.3) is 0 Å². The standard InChI is InChI=1S/C14H29NO3S/c1-3-5-7-8-9-11-13(14(15)16)19(17,18)12-10-6-4-2/h13H,3-12H2,1-2H3,(H2,15,16). The first-order valence-electron chi connectivity index (χ1n) is 7.46. The van der Waals surface area contributed by atoms with E-state index in [4.69, 9.17) is 5.73 Å². The molecule has 0 saturated heterocycles. The highest BCUT2D eigenvalue weighted by Crippen LogP contribution is 2.15. The number of hydrogen-bond acceptors (Lipinski definition) is 3. The molecule has 0 aliphatic rings. The average Bonchev–Trinajstić information content (AvgIpc) is 2.33. The number of nitrogens with two attached hydrogens (primary N) is 1. The molecule has 0 aromatic heterocycles. The Hall–Kier alpha value is -0.580. The number of sulfone groups is 1. The van der Waals surface area contributed by atoms with Crippen molar-refractivity contribution in [2.45, 2.75) is 76.9 Å². The van der Waals surface area contributed by atoms with Crippen molar-refractivity contribution < 1.29 is 13.2 Å². The summed E-state index contributed by atoms with van der Waals surface area (Å²) in [4.78, 5) is 11.3. The van der Waals surface area contributed by atoms with Crippen LogP contribution in [0.4, 0.5) is 0 Å². The maximum Gasteiger partial charge on any atom is 0.235 e. The Kier molecular flexibility index (Phi) is 9.92. The Labute approximate surface area is 118 Å². The van der Waals surface area contributed by atoms with Crippen LogP contribution in [0.1, 0.15) is 71.6 Å². The van der Waals surface area contributed by atoms with E-state index in [-0.39, 0.29) is 5.75 Å². The van der Waals surface area contributed by atoms with Crippen molar-refractivity contribution in [3.8, 4) is 0 Å². The molecule has 0 radical (unpaired) electrons. The van der Waals surface area contributed by atoms with Crippen LogP contribution in [0.3, 0.4) is 0 Å². The molecule has 1 amide bonds. The van der Waals surface area contributed by atoms with Crippen molar-refractivity contribution in [3.05, 3.63) is 0 Å². The normalized spacial score (nSPS) is 13.4. The fourth-order valence-corrected chi connectivity index (χ4v) is 3.90. The Morgan fingerprint density at radius 1 is 0.947 bits per heavy atom. The fourth-order valence-electron chi connectivity index (χ4n) is 2.13. The molecule has 0 rings (SSSR count). The summed E-state index contributed by atoms with van der Waals surface area (Å²) in [6.07, 6.45) is 7.99. The van der Waals surface area contributed by atoms with E-state index < -0.39 is 21.0 Å². The molecule has 114 valence electrons. The second-order valence-corrected chi connectivity index (χ2v) is 7.47. The number of primary amides is 1. The number of hydrogen-bond donors (Lipinski definition) is 1. The van der Waals surface area contributed by atoms with Crippen molar-refractivity contribution in [1.82, 2.24) is 0 Å². The molecular formula is C14H29NO3S. The van der Waals surface area contributed by atoms with Gasteiger partial charge in [0.1, 0.15) is 5.25 Å². The maximum absolute atomic E-state index is 12.1. The Morgan fingerprint density at radius 3 is 2.00 bits per heavy atom. The molecule has 1 atom stereocenters. The van der Waals surface area contributed by atoms with Gasteiger partial charge in [0.05, 0.1) is 5.75 Å². The fraction of sp³-hybridized carbons (Fsp3) is 0.929. The summed E-state index contributed by atoms with van der Waals surface area (Å²) in [6.45, 7) is 4.15. The van der Waals surface area contributed by atoms with Crippen LogP contribution < -0.4 is 5.73 Å². The molecular weight excluding hydrogens is 262 g/mol. The molecule has 0 spiro atoms. The predicted octanol–water partition coefficient (Wildman–Crippen LogP) is 2.81. The Morgan fingerprint density at radius 2 is 1.47 bits per heavy atom. The summed E-state index contributed by atoms with van der Waals surface area (Å²) in [7, 11) is -3.36. The van der Waals surface area contributed by atoms with E-state index in [0.29, 0.717) is 12.8 Å². The average molecular weight is 291 g/mol. The molecule has 0 bridgehead atoms. The highest BCUT2D eigenvalue weighted by atomic mass is 32.2. The lowest BCUT2D eigenvalue weighted by molar-refractivity contribution is -0.117. The van der Waals surface area contributed by atoms with E-state index in [0.717, 1.165) is 44.9 Å². The van der Waals surface area contributed by atoms with Gasteiger partial charge >= 0.3 is 0 Å². The second kappa shape index (κ2) is 10.2. The maximum atomic E-state index is 12.1. The summed E-state index contributed by atoms with van der Waals surface area (Å²) >= 11 is 0. The van der Waals surface area contributed by atoms with Crippen LogP contribution in [0.5, 0.6) is 0 Å². The van der Waals surface area contributed by atoms with Gasteiger partial charge in [0.2, 0.25) is 5.91 Å². The van der Waals surface area contributed by atoms with Crippen molar-refractivity contribution >= 4 is 15.7 Å². The zero-order valence-electron chi connectivity index (χ0n) is 12.4. The van der Waals surface area contributed by atoms with Crippen LogP contribution in [-0.4, -0.2) is 25.3 Å². The van der Waals surface area contributed by atoms with Gasteiger partial charge in [-0.15, -0.1) is 0 Å². The molecule has 2 N–H and O–H groups in total. The number of rotatable bonds is 12. The van der Waals surface area contributed by atoms with Crippen LogP contribution >= 0.6 is 0 Å². The molecule has 1 unspecified atom stereocenters. The number of amides is 1. The van der Waals surface area contributed by atoms with E-state index in [9.17, 15) is 13.2 Å². The number of carbonyl (C=O) groups is 1. The highest BCUT2D eigenvalue weighted by molar-refractivity contribution is 7.92. The first kappa shape index (κ1) is 18.4. The molecule has 0 heterocycles. The summed E-state index contributed by atoms with van der Waals surface area (Å²) in [5, 5.41) is -0.981. The van der Waals surface area contributed by atoms with Crippen molar-refractivity contribution in [2.75, 3.05) is 5.75 Å². The van der Waals surface area contributed by atoms with Gasteiger partial charge in [0.25, 0.3) is 0 Å². The molecule has 4 nitrogen and oxygen atoms in total. The van der Waals surface area contributed by atoms with Crippen molar-refractivity contribution in [1.29, 1.82) is 0 Å². The van der Waals surface area contributed by atoms with Gasteiger partial charge in [-0.1, -0.05) is 58.8 Å². The van der Waals surface area contributed by atoms with E-state index in [1.165, 1.54) is 0 Å². The molecule has 0 aromatic carbocycles. The quantitative estimate of drug-likeness (QED) is 0.562. The molecule has 0 fully saturated rings. The van der Waals surface area contributed by atoms with Gasteiger partial charge < -0.3 is 5.73 Å². The predicted molar refractivity (Wildman–Crippen MR) is 79.7 cm³/mol. The first-order valence-corrected chi connectivity index (χ1v) is 9.18. The minimum atomic E-state index is -3.36. The monoisotopic (exact) mass is 291 g/mol. The highest BCUT2D eigenvalue weighted by Gasteiger charge is 2.29. The first-order chi connectivity index (χ1) is 8.95. The smallest absolute Gasteiger partial charge is 0.235 e. The van der Waals surface area contributed by atoms with E-state index in [1.807, 2.05) is 6.92 Å². The van der Waals surface area contributed by atoms with Crippen LogP contribution in [0, 0.1) is 0 Å². The summed E-state index contributed by atoms with van der Waals surface area (Å²) in [5.74, 6) is -0.601. The van der Waals surface area contributed by atoms with Crippen molar-refractivity contribution in [3.63, 3.8) is 0 Å². The van der Waals surface area contributed by atoms with Crippen LogP contribution in [-0.2, 0) is 14.6 Å². The van der Waals surface area contributed by atoms with Crippen LogP contribution in [0.2, 0.25) is 0 Å². The van der Waals surface area contributed by atoms with Crippen LogP contribution in [0.15, 0.2) is 0 Å². The molecule has 0 aromatic rings. The summed E-state index contributed by atoms with van der Waals surface area (Å²) in [5.41, 5.74) is 5.25. The van der Waals surface area contributed by atoms with Crippen molar-refractivity contribution in [2.24, 2.45) is 5.73 Å². The SMILES string of the molecule is CCCCCCCC(C(N)=O)S(=O)(=O)CCCCC. The topological polar surface area (TPSA) is 77.2 Å². The summed E-state index contributed by atoms with van der Waals surface area (Å²) in [6, 6.07) is 0. The van der Waals surface area contributed by atoms with E-state index >= 15 is 0 Å². The van der Waals surface area contributed by atoms with Gasteiger partial charge in [0.15, 0.2) is 9.84 Å². The van der Waals surface area contributed by atoms with Gasteiger partial charge in [-0.2, -0.15) is 0 Å². The molecule has 5 heteroatoms. The number of unbranched alkanes of at least 4 members (excludes halogenated alkanes) is 6. The molecule has 0 saturated carbocycles. The Bertz CT molecular complexity index is 339. The van der Waals surface area contributed by atoms with E-state index in [1.54, 1.807) is 0 Å². The Balaban J connectivity index is 4.26. The third kappa shape index (κ3) is 8.24. The zero-order valence-corrected chi connectivity index (χ0v) is 13.2. The van der Waals surface area contributed by atoms with Gasteiger partial charge in [-0.25, -0.2) is 8.42 Å². The lowest BCUT2D eigenvalue weighted by Gasteiger charge is -2.14. The lowest BCUT2D eigenvalue weighted by Crippen LogP contribution is -2.37. The summed E-state index contributed by atoms with van der Waals surface area (Å²) < 4.78 is 24.1. The third-order valence-electron chi connectivity index (χ3n) is 3.35. The number of carbonyl (C=O) groups excluding carboxylic acids is 1.